The van der Waals surface area contributed by atoms with Crippen LogP contribution in [-0.4, -0.2) is 25.9 Å². The van der Waals surface area contributed by atoms with Gasteiger partial charge in [-0.05, 0) is 51.0 Å². The number of carbonyl (C=O) groups excluding carboxylic acids is 1. The number of thiazole rings is 1. The van der Waals surface area contributed by atoms with Gasteiger partial charge in [-0.15, -0.1) is 16.4 Å². The summed E-state index contributed by atoms with van der Waals surface area (Å²) in [5, 5.41) is 14.0. The maximum Gasteiger partial charge on any atom is 0.274 e. The van der Waals surface area contributed by atoms with E-state index in [2.05, 4.69) is 26.7 Å². The summed E-state index contributed by atoms with van der Waals surface area (Å²) in [5.41, 5.74) is 5.10. The number of rotatable bonds is 4. The van der Waals surface area contributed by atoms with Crippen molar-refractivity contribution in [2.75, 3.05) is 0 Å². The van der Waals surface area contributed by atoms with Crippen molar-refractivity contribution in [3.63, 3.8) is 0 Å². The summed E-state index contributed by atoms with van der Waals surface area (Å²) < 4.78 is 1.70. The Morgan fingerprint density at radius 1 is 1.17 bits per heavy atom. The minimum atomic E-state index is -0.242. The van der Waals surface area contributed by atoms with E-state index in [0.29, 0.717) is 17.9 Å². The number of nitrogens with zero attached hydrogens (tertiary/aromatic N) is 4. The molecule has 0 atom stereocenters. The quantitative estimate of drug-likeness (QED) is 0.792. The van der Waals surface area contributed by atoms with Crippen molar-refractivity contribution < 1.29 is 4.79 Å². The number of hydrogen-bond acceptors (Lipinski definition) is 5. The predicted molar refractivity (Wildman–Crippen MR) is 93.6 cm³/mol. The van der Waals surface area contributed by atoms with Crippen molar-refractivity contribution >= 4 is 17.2 Å². The molecule has 24 heavy (non-hydrogen) atoms. The molecule has 0 saturated heterocycles. The Labute approximate surface area is 144 Å². The molecule has 0 fully saturated rings. The zero-order valence-corrected chi connectivity index (χ0v) is 14.9. The molecule has 2 heterocycles. The molecule has 0 bridgehead atoms. The number of aryl methyl sites for hydroxylation is 3. The van der Waals surface area contributed by atoms with E-state index < -0.39 is 0 Å². The fraction of sp³-hybridized carbons (Fsp3) is 0.294. The third-order valence-electron chi connectivity index (χ3n) is 3.66. The first-order chi connectivity index (χ1) is 11.4. The molecule has 7 heteroatoms. The highest BCUT2D eigenvalue weighted by Gasteiger charge is 2.17. The van der Waals surface area contributed by atoms with Crippen LogP contribution in [0, 0.1) is 27.7 Å². The smallest absolute Gasteiger partial charge is 0.274 e. The number of aromatic nitrogens is 4. The highest BCUT2D eigenvalue weighted by Crippen LogP contribution is 2.16. The van der Waals surface area contributed by atoms with Gasteiger partial charge in [-0.2, -0.15) is 0 Å². The maximum atomic E-state index is 12.4. The van der Waals surface area contributed by atoms with Crippen LogP contribution in [0.3, 0.4) is 0 Å². The van der Waals surface area contributed by atoms with Crippen LogP contribution < -0.4 is 5.32 Å². The molecule has 0 spiro atoms. The van der Waals surface area contributed by atoms with Gasteiger partial charge < -0.3 is 5.32 Å². The molecular weight excluding hydrogens is 322 g/mol. The number of nitrogens with one attached hydrogen (secondary N) is 1. The SMILES string of the molecule is Cc1cc(C)cc(-n2nnc(C(=O)NCc3csc(C)n3)c2C)c1. The van der Waals surface area contributed by atoms with Crippen LogP contribution >= 0.6 is 11.3 Å². The van der Waals surface area contributed by atoms with Crippen LogP contribution in [0.4, 0.5) is 0 Å². The molecule has 2 aromatic heterocycles. The molecule has 0 aliphatic heterocycles. The summed E-state index contributed by atoms with van der Waals surface area (Å²) in [6.07, 6.45) is 0. The summed E-state index contributed by atoms with van der Waals surface area (Å²) in [6.45, 7) is 8.24. The molecule has 6 nitrogen and oxygen atoms in total. The van der Waals surface area contributed by atoms with Gasteiger partial charge in [-0.3, -0.25) is 4.79 Å². The van der Waals surface area contributed by atoms with E-state index in [1.54, 1.807) is 16.0 Å². The zero-order valence-electron chi connectivity index (χ0n) is 14.1. The Hall–Kier alpha value is -2.54. The highest BCUT2D eigenvalue weighted by atomic mass is 32.1. The van der Waals surface area contributed by atoms with Crippen LogP contribution in [0.15, 0.2) is 23.6 Å². The first kappa shape index (κ1) is 16.3. The van der Waals surface area contributed by atoms with Gasteiger partial charge in [0.15, 0.2) is 5.69 Å². The third kappa shape index (κ3) is 3.35. The van der Waals surface area contributed by atoms with Gasteiger partial charge >= 0.3 is 0 Å². The lowest BCUT2D eigenvalue weighted by molar-refractivity contribution is 0.0944. The summed E-state index contributed by atoms with van der Waals surface area (Å²) in [7, 11) is 0. The molecule has 1 amide bonds. The Morgan fingerprint density at radius 3 is 2.50 bits per heavy atom. The summed E-state index contributed by atoms with van der Waals surface area (Å²) in [4.78, 5) is 16.7. The third-order valence-corrected chi connectivity index (χ3v) is 4.48. The molecule has 0 aliphatic carbocycles. The van der Waals surface area contributed by atoms with Crippen molar-refractivity contribution in [2.24, 2.45) is 0 Å². The molecule has 3 aromatic rings. The van der Waals surface area contributed by atoms with Gasteiger partial charge in [-0.1, -0.05) is 11.3 Å². The maximum absolute atomic E-state index is 12.4. The van der Waals surface area contributed by atoms with Gasteiger partial charge in [-0.25, -0.2) is 9.67 Å². The number of carbonyl (C=O) groups is 1. The predicted octanol–water partition coefficient (Wildman–Crippen LogP) is 2.89. The highest BCUT2D eigenvalue weighted by molar-refractivity contribution is 7.09. The molecular formula is C17H19N5OS. The second-order valence-corrected chi connectivity index (χ2v) is 6.88. The molecule has 1 aromatic carbocycles. The monoisotopic (exact) mass is 341 g/mol. The zero-order chi connectivity index (χ0) is 17.3. The minimum Gasteiger partial charge on any atom is -0.345 e. The second kappa shape index (κ2) is 6.52. The molecule has 0 unspecified atom stereocenters. The molecule has 1 N–H and O–H groups in total. The Kier molecular flexibility index (Phi) is 4.44. The van der Waals surface area contributed by atoms with E-state index in [1.807, 2.05) is 45.2 Å². The Morgan fingerprint density at radius 2 is 1.88 bits per heavy atom. The normalized spacial score (nSPS) is 10.8. The summed E-state index contributed by atoms with van der Waals surface area (Å²) in [6, 6.07) is 6.14. The van der Waals surface area contributed by atoms with Gasteiger partial charge in [0.25, 0.3) is 5.91 Å². The molecule has 0 saturated carbocycles. The van der Waals surface area contributed by atoms with Crippen molar-refractivity contribution in [1.82, 2.24) is 25.3 Å². The van der Waals surface area contributed by atoms with E-state index >= 15 is 0 Å². The summed E-state index contributed by atoms with van der Waals surface area (Å²) >= 11 is 1.56. The first-order valence-electron chi connectivity index (χ1n) is 7.64. The van der Waals surface area contributed by atoms with Crippen molar-refractivity contribution in [1.29, 1.82) is 0 Å². The lowest BCUT2D eigenvalue weighted by Gasteiger charge is -2.07. The van der Waals surface area contributed by atoms with Gasteiger partial charge in [0.05, 0.1) is 28.6 Å². The Balaban J connectivity index is 1.80. The molecule has 124 valence electrons. The van der Waals surface area contributed by atoms with Gasteiger partial charge in [0.1, 0.15) is 0 Å². The van der Waals surface area contributed by atoms with Crippen molar-refractivity contribution in [3.8, 4) is 5.69 Å². The lowest BCUT2D eigenvalue weighted by Crippen LogP contribution is -2.24. The van der Waals surface area contributed by atoms with Gasteiger partial charge in [0.2, 0.25) is 0 Å². The summed E-state index contributed by atoms with van der Waals surface area (Å²) in [5.74, 6) is -0.242. The average Bonchev–Trinajstić information content (AvgIpc) is 3.10. The fourth-order valence-electron chi connectivity index (χ4n) is 2.60. The number of hydrogen-bond donors (Lipinski definition) is 1. The van der Waals surface area contributed by atoms with E-state index in [9.17, 15) is 4.79 Å². The van der Waals surface area contributed by atoms with Gasteiger partial charge in [0, 0.05) is 5.38 Å². The van der Waals surface area contributed by atoms with Crippen LogP contribution in [0.5, 0.6) is 0 Å². The van der Waals surface area contributed by atoms with E-state index in [4.69, 9.17) is 0 Å². The molecule has 0 aliphatic rings. The topological polar surface area (TPSA) is 72.7 Å². The lowest BCUT2D eigenvalue weighted by atomic mass is 10.1. The first-order valence-corrected chi connectivity index (χ1v) is 8.52. The number of benzene rings is 1. The van der Waals surface area contributed by atoms with E-state index in [1.165, 1.54) is 0 Å². The van der Waals surface area contributed by atoms with Crippen LogP contribution in [0.2, 0.25) is 0 Å². The van der Waals surface area contributed by atoms with E-state index in [-0.39, 0.29) is 5.91 Å². The van der Waals surface area contributed by atoms with Crippen molar-refractivity contribution in [2.45, 2.75) is 34.2 Å². The van der Waals surface area contributed by atoms with Crippen LogP contribution in [0.1, 0.15) is 38.0 Å². The van der Waals surface area contributed by atoms with Crippen LogP contribution in [0.25, 0.3) is 5.69 Å². The molecule has 3 rings (SSSR count). The number of amides is 1. The molecule has 0 radical (unpaired) electrons. The largest absolute Gasteiger partial charge is 0.345 e. The minimum absolute atomic E-state index is 0.242. The van der Waals surface area contributed by atoms with Crippen molar-refractivity contribution in [3.05, 3.63) is 56.8 Å². The second-order valence-electron chi connectivity index (χ2n) is 5.82. The Bertz CT molecular complexity index is 876. The fourth-order valence-corrected chi connectivity index (χ4v) is 3.21. The standard InChI is InChI=1S/C17H19N5OS/c1-10-5-11(2)7-15(6-10)22-12(3)16(20-21-22)17(23)18-8-14-9-24-13(4)19-14/h5-7,9H,8H2,1-4H3,(H,18,23). The van der Waals surface area contributed by atoms with E-state index in [0.717, 1.165) is 27.5 Å². The average molecular weight is 341 g/mol. The van der Waals surface area contributed by atoms with Crippen LogP contribution in [-0.2, 0) is 6.54 Å².